The van der Waals surface area contributed by atoms with Gasteiger partial charge in [0.05, 0.1) is 6.61 Å². The molecule has 98 valence electrons. The monoisotopic (exact) mass is 244 g/mol. The third kappa shape index (κ3) is 5.04. The fourth-order valence-electron chi connectivity index (χ4n) is 1.65. The van der Waals surface area contributed by atoms with Gasteiger partial charge in [-0.05, 0) is 18.8 Å². The lowest BCUT2D eigenvalue weighted by Crippen LogP contribution is -2.50. The Balaban J connectivity index is 2.32. The molecule has 0 radical (unpaired) electrons. The summed E-state index contributed by atoms with van der Waals surface area (Å²) in [7, 11) is 0. The van der Waals surface area contributed by atoms with Crippen LogP contribution in [-0.2, 0) is 4.79 Å². The SMILES string of the molecule is CCC(CC1CC1)NC(=O)N[C@H](CO)C(=O)O. The first kappa shape index (κ1) is 13.8. The highest BCUT2D eigenvalue weighted by atomic mass is 16.4. The van der Waals surface area contributed by atoms with E-state index in [9.17, 15) is 9.59 Å². The van der Waals surface area contributed by atoms with Crippen LogP contribution in [0.25, 0.3) is 0 Å². The topological polar surface area (TPSA) is 98.7 Å². The molecule has 4 N–H and O–H groups in total. The highest BCUT2D eigenvalue weighted by Gasteiger charge is 2.26. The predicted octanol–water partition coefficient (Wildman–Crippen LogP) is 0.310. The molecule has 1 rings (SSSR count). The minimum absolute atomic E-state index is 0.0793. The molecular formula is C11H20N2O4. The molecule has 0 heterocycles. The van der Waals surface area contributed by atoms with Crippen LogP contribution >= 0.6 is 0 Å². The highest BCUT2D eigenvalue weighted by Crippen LogP contribution is 2.33. The summed E-state index contributed by atoms with van der Waals surface area (Å²) in [5.74, 6) is -0.536. The van der Waals surface area contributed by atoms with Crippen molar-refractivity contribution in [2.75, 3.05) is 6.61 Å². The van der Waals surface area contributed by atoms with Crippen molar-refractivity contribution in [3.8, 4) is 0 Å². The van der Waals surface area contributed by atoms with Crippen LogP contribution in [-0.4, -0.2) is 40.9 Å². The van der Waals surface area contributed by atoms with Gasteiger partial charge in [0, 0.05) is 6.04 Å². The van der Waals surface area contributed by atoms with Gasteiger partial charge in [-0.25, -0.2) is 9.59 Å². The molecule has 0 aromatic carbocycles. The Morgan fingerprint density at radius 3 is 2.41 bits per heavy atom. The van der Waals surface area contributed by atoms with Crippen molar-refractivity contribution in [3.63, 3.8) is 0 Å². The first-order valence-corrected chi connectivity index (χ1v) is 5.97. The van der Waals surface area contributed by atoms with Gasteiger partial charge in [0.1, 0.15) is 0 Å². The molecule has 0 aromatic rings. The second-order valence-corrected chi connectivity index (χ2v) is 4.48. The average Bonchev–Trinajstić information content (AvgIpc) is 3.08. The molecule has 0 aliphatic heterocycles. The Hall–Kier alpha value is -1.30. The number of rotatable bonds is 7. The lowest BCUT2D eigenvalue weighted by atomic mass is 10.1. The zero-order valence-corrected chi connectivity index (χ0v) is 9.98. The minimum Gasteiger partial charge on any atom is -0.480 e. The maximum Gasteiger partial charge on any atom is 0.328 e. The van der Waals surface area contributed by atoms with Crippen LogP contribution in [0, 0.1) is 5.92 Å². The van der Waals surface area contributed by atoms with Crippen molar-refractivity contribution in [2.24, 2.45) is 5.92 Å². The molecule has 0 spiro atoms. The minimum atomic E-state index is -1.24. The number of carboxylic acid groups (broad SMARTS) is 1. The summed E-state index contributed by atoms with van der Waals surface area (Å²) in [6, 6.07) is -1.69. The number of amides is 2. The summed E-state index contributed by atoms with van der Waals surface area (Å²) < 4.78 is 0. The average molecular weight is 244 g/mol. The molecule has 2 atom stereocenters. The number of aliphatic hydroxyl groups is 1. The highest BCUT2D eigenvalue weighted by molar-refractivity contribution is 5.82. The van der Waals surface area contributed by atoms with Gasteiger partial charge in [0.25, 0.3) is 0 Å². The third-order valence-electron chi connectivity index (χ3n) is 2.93. The van der Waals surface area contributed by atoms with Gasteiger partial charge in [0.2, 0.25) is 0 Å². The van der Waals surface area contributed by atoms with Crippen molar-refractivity contribution in [2.45, 2.75) is 44.7 Å². The van der Waals surface area contributed by atoms with Crippen LogP contribution in [0.15, 0.2) is 0 Å². The van der Waals surface area contributed by atoms with E-state index in [0.29, 0.717) is 5.92 Å². The van der Waals surface area contributed by atoms with Crippen molar-refractivity contribution < 1.29 is 19.8 Å². The largest absolute Gasteiger partial charge is 0.480 e. The van der Waals surface area contributed by atoms with Crippen LogP contribution in [0.3, 0.4) is 0 Å². The zero-order chi connectivity index (χ0) is 12.8. The Morgan fingerprint density at radius 1 is 1.35 bits per heavy atom. The molecule has 1 aliphatic rings. The van der Waals surface area contributed by atoms with Gasteiger partial charge in [-0.1, -0.05) is 19.8 Å². The number of nitrogens with one attached hydrogen (secondary N) is 2. The lowest BCUT2D eigenvalue weighted by Gasteiger charge is -2.19. The summed E-state index contributed by atoms with van der Waals surface area (Å²) in [6.45, 7) is 1.37. The van der Waals surface area contributed by atoms with Crippen molar-refractivity contribution >= 4 is 12.0 Å². The predicted molar refractivity (Wildman–Crippen MR) is 61.6 cm³/mol. The number of hydrogen-bond acceptors (Lipinski definition) is 3. The Morgan fingerprint density at radius 2 is 2.00 bits per heavy atom. The zero-order valence-electron chi connectivity index (χ0n) is 9.98. The molecule has 0 aromatic heterocycles. The van der Waals surface area contributed by atoms with Gasteiger partial charge in [-0.15, -0.1) is 0 Å². The van der Waals surface area contributed by atoms with Crippen LogP contribution in [0.2, 0.25) is 0 Å². The summed E-state index contributed by atoms with van der Waals surface area (Å²) in [5, 5.41) is 22.4. The number of urea groups is 1. The molecule has 1 aliphatic carbocycles. The summed E-state index contributed by atoms with van der Waals surface area (Å²) in [5.41, 5.74) is 0. The smallest absolute Gasteiger partial charge is 0.328 e. The molecular weight excluding hydrogens is 224 g/mol. The van der Waals surface area contributed by atoms with Crippen molar-refractivity contribution in [3.05, 3.63) is 0 Å². The van der Waals surface area contributed by atoms with E-state index >= 15 is 0 Å². The van der Waals surface area contributed by atoms with Crippen molar-refractivity contribution in [1.29, 1.82) is 0 Å². The lowest BCUT2D eigenvalue weighted by molar-refractivity contribution is -0.140. The molecule has 1 fully saturated rings. The van der Waals surface area contributed by atoms with Gasteiger partial charge in [-0.2, -0.15) is 0 Å². The fourth-order valence-corrected chi connectivity index (χ4v) is 1.65. The van der Waals surface area contributed by atoms with Gasteiger partial charge in [-0.3, -0.25) is 0 Å². The first-order valence-electron chi connectivity index (χ1n) is 5.97. The fraction of sp³-hybridized carbons (Fsp3) is 0.818. The van der Waals surface area contributed by atoms with E-state index in [2.05, 4.69) is 10.6 Å². The maximum atomic E-state index is 11.5. The summed E-state index contributed by atoms with van der Waals surface area (Å²) >= 11 is 0. The normalized spacial score (nSPS) is 18.2. The molecule has 6 heteroatoms. The van der Waals surface area contributed by atoms with Gasteiger partial charge in [0.15, 0.2) is 6.04 Å². The third-order valence-corrected chi connectivity index (χ3v) is 2.93. The van der Waals surface area contributed by atoms with Crippen LogP contribution < -0.4 is 10.6 Å². The number of carbonyl (C=O) groups is 2. The number of carboxylic acids is 1. The first-order chi connectivity index (χ1) is 8.06. The van der Waals surface area contributed by atoms with Gasteiger partial charge >= 0.3 is 12.0 Å². The Bertz CT molecular complexity index is 279. The second-order valence-electron chi connectivity index (χ2n) is 4.48. The van der Waals surface area contributed by atoms with E-state index in [1.165, 1.54) is 12.8 Å². The molecule has 1 unspecified atom stereocenters. The van der Waals surface area contributed by atoms with Crippen LogP contribution in [0.5, 0.6) is 0 Å². The Kier molecular flexibility index (Phi) is 5.21. The van der Waals surface area contributed by atoms with Crippen LogP contribution in [0.4, 0.5) is 4.79 Å². The van der Waals surface area contributed by atoms with E-state index < -0.39 is 24.6 Å². The second kappa shape index (κ2) is 6.44. The van der Waals surface area contributed by atoms with E-state index in [1.54, 1.807) is 0 Å². The van der Waals surface area contributed by atoms with Gasteiger partial charge < -0.3 is 20.8 Å². The Labute approximate surface area is 100 Å². The van der Waals surface area contributed by atoms with E-state index in [0.717, 1.165) is 12.8 Å². The molecule has 0 bridgehead atoms. The standard InChI is InChI=1S/C11H20N2O4/c1-2-8(5-7-3-4-7)12-11(17)13-9(6-14)10(15)16/h7-9,14H,2-6H2,1H3,(H,15,16)(H2,12,13,17)/t8?,9-/m1/s1. The quantitative estimate of drug-likeness (QED) is 0.518. The van der Waals surface area contributed by atoms with Crippen molar-refractivity contribution in [1.82, 2.24) is 10.6 Å². The van der Waals surface area contributed by atoms with Crippen LogP contribution in [0.1, 0.15) is 32.6 Å². The van der Waals surface area contributed by atoms with E-state index in [-0.39, 0.29) is 6.04 Å². The summed E-state index contributed by atoms with van der Waals surface area (Å²) in [4.78, 5) is 22.1. The molecule has 1 saturated carbocycles. The number of aliphatic carboxylic acids is 1. The number of carbonyl (C=O) groups excluding carboxylic acids is 1. The molecule has 17 heavy (non-hydrogen) atoms. The summed E-state index contributed by atoms with van der Waals surface area (Å²) in [6.07, 6.45) is 4.20. The van der Waals surface area contributed by atoms with E-state index in [4.69, 9.17) is 10.2 Å². The molecule has 2 amide bonds. The molecule has 0 saturated heterocycles. The molecule has 6 nitrogen and oxygen atoms in total. The van der Waals surface area contributed by atoms with E-state index in [1.807, 2.05) is 6.92 Å². The maximum absolute atomic E-state index is 11.5. The number of aliphatic hydroxyl groups excluding tert-OH is 1. The number of hydrogen-bond donors (Lipinski definition) is 4.